The highest BCUT2D eigenvalue weighted by Gasteiger charge is 2.19. The van der Waals surface area contributed by atoms with Crippen molar-refractivity contribution in [3.63, 3.8) is 0 Å². The van der Waals surface area contributed by atoms with E-state index in [-0.39, 0.29) is 31.1 Å². The third-order valence-electron chi connectivity index (χ3n) is 13.0. The van der Waals surface area contributed by atoms with Crippen LogP contribution in [0, 0.1) is 0 Å². The molecule has 0 aromatic rings. The second kappa shape index (κ2) is 57.0. The molecule has 0 aliphatic heterocycles. The highest BCUT2D eigenvalue weighted by molar-refractivity contribution is 5.71. The van der Waals surface area contributed by atoms with Gasteiger partial charge in [-0.1, -0.05) is 236 Å². The number of hydrogen-bond donors (Lipinski definition) is 0. The maximum atomic E-state index is 12.9. The highest BCUT2D eigenvalue weighted by atomic mass is 16.6. The number of unbranched alkanes of at least 4 members (excludes halogenated alkanes) is 35. The first kappa shape index (κ1) is 65.4. The lowest BCUT2D eigenvalue weighted by Crippen LogP contribution is -2.30. The van der Waals surface area contributed by atoms with Crippen LogP contribution in [0.15, 0.2) is 48.6 Å². The van der Waals surface area contributed by atoms with Crippen LogP contribution in [0.25, 0.3) is 0 Å². The van der Waals surface area contributed by atoms with Gasteiger partial charge >= 0.3 is 17.9 Å². The Kier molecular flexibility index (Phi) is 54.8. The Bertz CT molecular complexity index is 1190. The Hall–Kier alpha value is -2.63. The third-order valence-corrected chi connectivity index (χ3v) is 13.0. The molecule has 0 N–H and O–H groups in total. The van der Waals surface area contributed by atoms with E-state index in [1.54, 1.807) is 0 Å². The van der Waals surface area contributed by atoms with E-state index in [9.17, 15) is 14.4 Å². The molecule has 0 heterocycles. The molecule has 0 rings (SSSR count). The number of esters is 3. The first-order valence-electron chi connectivity index (χ1n) is 29.6. The minimum absolute atomic E-state index is 0.0804. The third kappa shape index (κ3) is 54.3. The zero-order valence-electron chi connectivity index (χ0n) is 45.4. The molecule has 1 atom stereocenters. The zero-order chi connectivity index (χ0) is 49.3. The Morgan fingerprint density at radius 1 is 0.294 bits per heavy atom. The van der Waals surface area contributed by atoms with Crippen LogP contribution in [0.5, 0.6) is 0 Å². The summed E-state index contributed by atoms with van der Waals surface area (Å²) in [7, 11) is 0. The number of rotatable bonds is 54. The molecule has 0 aromatic heterocycles. The van der Waals surface area contributed by atoms with Crippen LogP contribution in [0.2, 0.25) is 0 Å². The van der Waals surface area contributed by atoms with Gasteiger partial charge in [0.1, 0.15) is 13.2 Å². The average Bonchev–Trinajstić information content (AvgIpc) is 3.34. The molecule has 6 nitrogen and oxygen atoms in total. The molecule has 0 fully saturated rings. The van der Waals surface area contributed by atoms with Crippen LogP contribution in [0.3, 0.4) is 0 Å². The van der Waals surface area contributed by atoms with Gasteiger partial charge in [-0.15, -0.1) is 0 Å². The first-order chi connectivity index (χ1) is 33.5. The van der Waals surface area contributed by atoms with Crippen molar-refractivity contribution in [2.24, 2.45) is 0 Å². The second-order valence-electron chi connectivity index (χ2n) is 19.9. The fraction of sp³-hybridized carbons (Fsp3) is 0.823. The topological polar surface area (TPSA) is 78.9 Å². The van der Waals surface area contributed by atoms with Crippen molar-refractivity contribution in [1.82, 2.24) is 0 Å². The van der Waals surface area contributed by atoms with Gasteiger partial charge in [0.15, 0.2) is 6.10 Å². The fourth-order valence-electron chi connectivity index (χ4n) is 8.52. The lowest BCUT2D eigenvalue weighted by atomic mass is 10.1. The van der Waals surface area contributed by atoms with Gasteiger partial charge in [-0.05, 0) is 103 Å². The molecule has 0 spiro atoms. The van der Waals surface area contributed by atoms with E-state index >= 15 is 0 Å². The molecule has 396 valence electrons. The van der Waals surface area contributed by atoms with Gasteiger partial charge in [0.2, 0.25) is 0 Å². The smallest absolute Gasteiger partial charge is 0.306 e. The number of hydrogen-bond acceptors (Lipinski definition) is 6. The molecule has 1 unspecified atom stereocenters. The van der Waals surface area contributed by atoms with Gasteiger partial charge in [0.25, 0.3) is 0 Å². The number of carbonyl (C=O) groups excluding carboxylic acids is 3. The summed E-state index contributed by atoms with van der Waals surface area (Å²) in [5.41, 5.74) is 0. The molecule has 6 heteroatoms. The second-order valence-corrected chi connectivity index (χ2v) is 19.9. The fourth-order valence-corrected chi connectivity index (χ4v) is 8.52. The lowest BCUT2D eigenvalue weighted by Gasteiger charge is -2.18. The van der Waals surface area contributed by atoms with E-state index in [0.717, 1.165) is 89.9 Å². The minimum atomic E-state index is -0.783. The summed E-state index contributed by atoms with van der Waals surface area (Å²) in [5.74, 6) is -0.891. The quantitative estimate of drug-likeness (QED) is 0.0262. The standard InChI is InChI=1S/C62H112O6/c1-4-7-10-13-16-19-22-25-28-30-31-32-35-37-40-43-46-49-52-55-61(64)67-58-59(57-66-60(63)54-51-48-45-42-39-36-33-27-24-21-18-15-12-9-6-3)68-62(65)56-53-50-47-44-41-38-34-29-26-23-20-17-14-11-8-5-2/h18,21,25,27-29,33-34,59H,4-17,19-20,22-24,26,30-32,35-58H2,1-3H3/b21-18-,28-25-,33-27-,34-29-. The molecule has 0 amide bonds. The summed E-state index contributed by atoms with van der Waals surface area (Å²) < 4.78 is 16.9. The van der Waals surface area contributed by atoms with Crippen LogP contribution >= 0.6 is 0 Å². The molecule has 0 aliphatic carbocycles. The maximum Gasteiger partial charge on any atom is 0.306 e. The van der Waals surface area contributed by atoms with Gasteiger partial charge in [-0.2, -0.15) is 0 Å². The van der Waals surface area contributed by atoms with Gasteiger partial charge in [0, 0.05) is 19.3 Å². The van der Waals surface area contributed by atoms with Gasteiger partial charge < -0.3 is 14.2 Å². The van der Waals surface area contributed by atoms with Crippen LogP contribution < -0.4 is 0 Å². The molecular weight excluding hydrogens is 841 g/mol. The van der Waals surface area contributed by atoms with E-state index < -0.39 is 6.10 Å². The molecule has 0 radical (unpaired) electrons. The maximum absolute atomic E-state index is 12.9. The molecular formula is C62H112O6. The number of allylic oxidation sites excluding steroid dienone is 8. The van der Waals surface area contributed by atoms with Crippen molar-refractivity contribution < 1.29 is 28.6 Å². The molecule has 68 heavy (non-hydrogen) atoms. The largest absolute Gasteiger partial charge is 0.462 e. The molecule has 0 saturated heterocycles. The Balaban J connectivity index is 4.37. The van der Waals surface area contributed by atoms with E-state index in [2.05, 4.69) is 69.4 Å². The van der Waals surface area contributed by atoms with Crippen molar-refractivity contribution in [3.8, 4) is 0 Å². The Morgan fingerprint density at radius 3 is 0.853 bits per heavy atom. The number of ether oxygens (including phenoxy) is 3. The SMILES string of the molecule is CCCCC/C=C\C/C=C\CCCCCCCC(=O)OCC(COC(=O)CCCCCCCCCCC/C=C\CCCCCCCC)OC(=O)CCCCCCC/C=C\CCCCCCCCC. The van der Waals surface area contributed by atoms with E-state index in [1.165, 1.54) is 180 Å². The van der Waals surface area contributed by atoms with Crippen molar-refractivity contribution >= 4 is 17.9 Å². The van der Waals surface area contributed by atoms with Crippen LogP contribution in [-0.4, -0.2) is 37.2 Å². The van der Waals surface area contributed by atoms with Crippen molar-refractivity contribution in [2.45, 2.75) is 316 Å². The van der Waals surface area contributed by atoms with E-state index in [0.29, 0.717) is 19.3 Å². The van der Waals surface area contributed by atoms with Gasteiger partial charge in [-0.3, -0.25) is 14.4 Å². The highest BCUT2D eigenvalue weighted by Crippen LogP contribution is 2.15. The van der Waals surface area contributed by atoms with Crippen LogP contribution in [0.1, 0.15) is 310 Å². The Labute approximate surface area is 422 Å². The monoisotopic (exact) mass is 953 g/mol. The molecule has 0 aromatic carbocycles. The normalized spacial score (nSPS) is 12.3. The van der Waals surface area contributed by atoms with Crippen LogP contribution in [-0.2, 0) is 28.6 Å². The minimum Gasteiger partial charge on any atom is -0.462 e. The zero-order valence-corrected chi connectivity index (χ0v) is 45.4. The lowest BCUT2D eigenvalue weighted by molar-refractivity contribution is -0.167. The van der Waals surface area contributed by atoms with Crippen LogP contribution in [0.4, 0.5) is 0 Å². The predicted molar refractivity (Wildman–Crippen MR) is 293 cm³/mol. The molecule has 0 bridgehead atoms. The summed E-state index contributed by atoms with van der Waals surface area (Å²) in [6, 6.07) is 0. The predicted octanol–water partition coefficient (Wildman–Crippen LogP) is 19.8. The molecule has 0 saturated carbocycles. The van der Waals surface area contributed by atoms with Gasteiger partial charge in [-0.25, -0.2) is 0 Å². The van der Waals surface area contributed by atoms with Crippen molar-refractivity contribution in [3.05, 3.63) is 48.6 Å². The summed E-state index contributed by atoms with van der Waals surface area (Å²) in [4.78, 5) is 38.2. The number of carbonyl (C=O) groups is 3. The summed E-state index contributed by atoms with van der Waals surface area (Å²) in [6.07, 6.45) is 69.5. The van der Waals surface area contributed by atoms with E-state index in [4.69, 9.17) is 14.2 Å². The van der Waals surface area contributed by atoms with E-state index in [1.807, 2.05) is 0 Å². The van der Waals surface area contributed by atoms with Crippen molar-refractivity contribution in [2.75, 3.05) is 13.2 Å². The summed E-state index contributed by atoms with van der Waals surface area (Å²) >= 11 is 0. The Morgan fingerprint density at radius 2 is 0.529 bits per heavy atom. The summed E-state index contributed by atoms with van der Waals surface area (Å²) in [5, 5.41) is 0. The summed E-state index contributed by atoms with van der Waals surface area (Å²) in [6.45, 7) is 6.62. The average molecular weight is 954 g/mol. The first-order valence-corrected chi connectivity index (χ1v) is 29.6. The van der Waals surface area contributed by atoms with Gasteiger partial charge in [0.05, 0.1) is 0 Å². The van der Waals surface area contributed by atoms with Crippen molar-refractivity contribution in [1.29, 1.82) is 0 Å². The molecule has 0 aliphatic rings.